The van der Waals surface area contributed by atoms with Crippen molar-refractivity contribution >= 4 is 11.8 Å². The van der Waals surface area contributed by atoms with Gasteiger partial charge >= 0.3 is 0 Å². The highest BCUT2D eigenvalue weighted by atomic mass is 19.3. The van der Waals surface area contributed by atoms with E-state index in [0.717, 1.165) is 25.7 Å². The second-order valence-corrected chi connectivity index (χ2v) is 7.00. The molecule has 0 unspecified atom stereocenters. The fraction of sp³-hybridized carbons (Fsp3) is 0.750. The summed E-state index contributed by atoms with van der Waals surface area (Å²) < 4.78 is 29.2. The Hall–Kier alpha value is -2.06. The minimum atomic E-state index is -2.89. The number of hydrogen-bond donors (Lipinski definition) is 1. The van der Waals surface area contributed by atoms with E-state index in [4.69, 9.17) is 0 Å². The number of carbonyl (C=O) groups excluding carboxylic acids is 2. The van der Waals surface area contributed by atoms with Gasteiger partial charge in [0.05, 0.1) is 25.3 Å². The van der Waals surface area contributed by atoms with Gasteiger partial charge in [0.25, 0.3) is 11.8 Å². The maximum Gasteiger partial charge on any atom is 0.273 e. The second kappa shape index (κ2) is 7.05. The fourth-order valence-corrected chi connectivity index (χ4v) is 3.77. The van der Waals surface area contributed by atoms with Crippen LogP contribution in [-0.4, -0.2) is 57.3 Å². The van der Waals surface area contributed by atoms with E-state index in [1.165, 1.54) is 22.8 Å². The highest BCUT2D eigenvalue weighted by Crippen LogP contribution is 2.35. The number of alkyl halides is 2. The molecule has 138 valence electrons. The van der Waals surface area contributed by atoms with Crippen LogP contribution in [0, 0.1) is 5.92 Å². The SMILES string of the molecule is CNC(=O)c1cn(C[C@@H]2CC(F)(F)CN2C(=O)CC2CCCC2)nn1. The van der Waals surface area contributed by atoms with Crippen molar-refractivity contribution in [2.24, 2.45) is 5.92 Å². The zero-order valence-corrected chi connectivity index (χ0v) is 14.3. The number of carbonyl (C=O) groups is 2. The maximum atomic E-state index is 13.9. The van der Waals surface area contributed by atoms with Crippen molar-refractivity contribution in [3.63, 3.8) is 0 Å². The van der Waals surface area contributed by atoms with E-state index < -0.39 is 30.8 Å². The number of hydrogen-bond acceptors (Lipinski definition) is 4. The van der Waals surface area contributed by atoms with Crippen LogP contribution in [0.25, 0.3) is 0 Å². The molecule has 2 fully saturated rings. The maximum absolute atomic E-state index is 13.9. The van der Waals surface area contributed by atoms with Gasteiger partial charge in [0, 0.05) is 19.9 Å². The molecule has 7 nitrogen and oxygen atoms in total. The Kier molecular flexibility index (Phi) is 5.01. The normalized spacial score (nSPS) is 23.2. The molecule has 1 aliphatic heterocycles. The Balaban J connectivity index is 1.67. The van der Waals surface area contributed by atoms with Gasteiger partial charge < -0.3 is 10.2 Å². The summed E-state index contributed by atoms with van der Waals surface area (Å²) in [6, 6.07) is -0.636. The molecule has 1 aliphatic carbocycles. The summed E-state index contributed by atoms with van der Waals surface area (Å²) in [5, 5.41) is 9.97. The van der Waals surface area contributed by atoms with Crippen molar-refractivity contribution in [2.75, 3.05) is 13.6 Å². The van der Waals surface area contributed by atoms with E-state index in [-0.39, 0.29) is 18.1 Å². The van der Waals surface area contributed by atoms with Crippen molar-refractivity contribution < 1.29 is 18.4 Å². The lowest BCUT2D eigenvalue weighted by atomic mass is 10.0. The fourth-order valence-electron chi connectivity index (χ4n) is 3.77. The third-order valence-corrected chi connectivity index (χ3v) is 5.03. The number of rotatable bonds is 5. The first-order valence-electron chi connectivity index (χ1n) is 8.67. The van der Waals surface area contributed by atoms with Gasteiger partial charge in [-0.05, 0) is 18.8 Å². The number of amides is 2. The van der Waals surface area contributed by atoms with Gasteiger partial charge in [0.2, 0.25) is 5.91 Å². The van der Waals surface area contributed by atoms with E-state index in [0.29, 0.717) is 12.3 Å². The van der Waals surface area contributed by atoms with E-state index in [1.807, 2.05) is 0 Å². The average molecular weight is 355 g/mol. The zero-order chi connectivity index (χ0) is 18.0. The van der Waals surface area contributed by atoms with Gasteiger partial charge in [-0.15, -0.1) is 5.10 Å². The predicted octanol–water partition coefficient (Wildman–Crippen LogP) is 1.45. The molecule has 0 spiro atoms. The van der Waals surface area contributed by atoms with Gasteiger partial charge in [0.1, 0.15) is 0 Å². The minimum Gasteiger partial charge on any atom is -0.354 e. The van der Waals surface area contributed by atoms with E-state index in [2.05, 4.69) is 15.6 Å². The highest BCUT2D eigenvalue weighted by Gasteiger charge is 2.47. The van der Waals surface area contributed by atoms with Crippen LogP contribution in [-0.2, 0) is 11.3 Å². The van der Waals surface area contributed by atoms with Crippen LogP contribution in [0.3, 0.4) is 0 Å². The van der Waals surface area contributed by atoms with Crippen molar-refractivity contribution in [1.29, 1.82) is 0 Å². The monoisotopic (exact) mass is 355 g/mol. The standard InChI is InChI=1S/C16H23F2N5O2/c1-19-15(25)13-9-22(21-20-13)8-12-7-16(17,18)10-23(12)14(24)6-11-4-2-3-5-11/h9,11-12H,2-8,10H2,1H3,(H,19,25)/t12-/m0/s1. The number of halogens is 2. The summed E-state index contributed by atoms with van der Waals surface area (Å²) in [5.74, 6) is -3.17. The quantitative estimate of drug-likeness (QED) is 0.867. The number of nitrogens with zero attached hydrogens (tertiary/aromatic N) is 4. The first-order valence-corrected chi connectivity index (χ1v) is 8.67. The molecule has 1 aromatic rings. The summed E-state index contributed by atoms with van der Waals surface area (Å²) in [5.41, 5.74) is 0.121. The van der Waals surface area contributed by atoms with Gasteiger partial charge in [0.15, 0.2) is 5.69 Å². The van der Waals surface area contributed by atoms with Gasteiger partial charge in [-0.25, -0.2) is 13.5 Å². The molecule has 2 aliphatic rings. The molecule has 2 amide bonds. The van der Waals surface area contributed by atoms with E-state index in [9.17, 15) is 18.4 Å². The van der Waals surface area contributed by atoms with Gasteiger partial charge in [-0.1, -0.05) is 18.1 Å². The Morgan fingerprint density at radius 2 is 2.08 bits per heavy atom. The zero-order valence-electron chi connectivity index (χ0n) is 14.3. The van der Waals surface area contributed by atoms with Crippen LogP contribution in [0.15, 0.2) is 6.20 Å². The summed E-state index contributed by atoms with van der Waals surface area (Å²) in [6.45, 7) is -0.434. The second-order valence-electron chi connectivity index (χ2n) is 7.00. The van der Waals surface area contributed by atoms with Crippen LogP contribution in [0.2, 0.25) is 0 Å². The first-order chi connectivity index (χ1) is 11.9. The molecule has 9 heteroatoms. The third-order valence-electron chi connectivity index (χ3n) is 5.03. The molecule has 1 saturated carbocycles. The first kappa shape index (κ1) is 17.8. The van der Waals surface area contributed by atoms with E-state index in [1.54, 1.807) is 0 Å². The van der Waals surface area contributed by atoms with Gasteiger partial charge in [-0.2, -0.15) is 0 Å². The molecule has 0 bridgehead atoms. The molecule has 0 aromatic carbocycles. The van der Waals surface area contributed by atoms with Crippen molar-refractivity contribution in [2.45, 2.75) is 57.0 Å². The van der Waals surface area contributed by atoms with E-state index >= 15 is 0 Å². The lowest BCUT2D eigenvalue weighted by Crippen LogP contribution is -2.39. The summed E-state index contributed by atoms with van der Waals surface area (Å²) in [7, 11) is 1.47. The Bertz CT molecular complexity index is 642. The number of likely N-dealkylation sites (tertiary alicyclic amines) is 1. The molecular formula is C16H23F2N5O2. The van der Waals surface area contributed by atoms with Crippen LogP contribution < -0.4 is 5.32 Å². The number of nitrogens with one attached hydrogen (secondary N) is 1. The van der Waals surface area contributed by atoms with Crippen molar-refractivity contribution in [3.05, 3.63) is 11.9 Å². The van der Waals surface area contributed by atoms with Crippen molar-refractivity contribution in [1.82, 2.24) is 25.2 Å². The lowest BCUT2D eigenvalue weighted by molar-refractivity contribution is -0.134. The smallest absolute Gasteiger partial charge is 0.273 e. The summed E-state index contributed by atoms with van der Waals surface area (Å²) >= 11 is 0. The predicted molar refractivity (Wildman–Crippen MR) is 85.1 cm³/mol. The molecule has 1 aromatic heterocycles. The molecule has 1 atom stereocenters. The molecule has 2 heterocycles. The lowest BCUT2D eigenvalue weighted by Gasteiger charge is -2.25. The molecule has 1 saturated heterocycles. The largest absolute Gasteiger partial charge is 0.354 e. The molecule has 0 radical (unpaired) electrons. The van der Waals surface area contributed by atoms with Gasteiger partial charge in [-0.3, -0.25) is 9.59 Å². The van der Waals surface area contributed by atoms with Crippen LogP contribution in [0.1, 0.15) is 49.0 Å². The van der Waals surface area contributed by atoms with Crippen LogP contribution >= 0.6 is 0 Å². The summed E-state index contributed by atoms with van der Waals surface area (Å²) in [4.78, 5) is 25.3. The Morgan fingerprint density at radius 1 is 1.36 bits per heavy atom. The average Bonchev–Trinajstić information content (AvgIpc) is 3.27. The molecule has 1 N–H and O–H groups in total. The molecule has 3 rings (SSSR count). The van der Waals surface area contributed by atoms with Crippen molar-refractivity contribution in [3.8, 4) is 0 Å². The minimum absolute atomic E-state index is 0.107. The number of aromatic nitrogens is 3. The van der Waals surface area contributed by atoms with Crippen LogP contribution in [0.4, 0.5) is 8.78 Å². The molecular weight excluding hydrogens is 332 g/mol. The Labute approximate surface area is 144 Å². The summed E-state index contributed by atoms with van der Waals surface area (Å²) in [6.07, 6.45) is 5.58. The molecule has 25 heavy (non-hydrogen) atoms. The van der Waals surface area contributed by atoms with Crippen LogP contribution in [0.5, 0.6) is 0 Å². The Morgan fingerprint density at radius 3 is 2.76 bits per heavy atom. The highest BCUT2D eigenvalue weighted by molar-refractivity contribution is 5.91. The topological polar surface area (TPSA) is 80.1 Å². The third kappa shape index (κ3) is 4.13.